The van der Waals surface area contributed by atoms with Crippen molar-refractivity contribution < 1.29 is 26.7 Å². The van der Waals surface area contributed by atoms with Gasteiger partial charge in [-0.25, -0.2) is 8.78 Å². The van der Waals surface area contributed by atoms with Gasteiger partial charge in [0.25, 0.3) is 5.91 Å². The first kappa shape index (κ1) is 22.4. The molecular weight excluding hydrogens is 431 g/mol. The normalized spacial score (nSPS) is 21.9. The van der Waals surface area contributed by atoms with E-state index in [9.17, 15) is 26.7 Å². The zero-order valence-corrected chi connectivity index (χ0v) is 17.4. The first-order chi connectivity index (χ1) is 15.1. The summed E-state index contributed by atoms with van der Waals surface area (Å²) in [6, 6.07) is 0.886. The third-order valence-electron chi connectivity index (χ3n) is 6.18. The van der Waals surface area contributed by atoms with Gasteiger partial charge >= 0.3 is 6.18 Å². The van der Waals surface area contributed by atoms with Gasteiger partial charge < -0.3 is 15.5 Å². The molecule has 1 aromatic heterocycles. The average molecular weight is 454 g/mol. The van der Waals surface area contributed by atoms with Crippen LogP contribution in [0.1, 0.15) is 36.5 Å². The third kappa shape index (κ3) is 4.41. The van der Waals surface area contributed by atoms with Crippen LogP contribution in [0.4, 0.5) is 27.6 Å². The molecule has 2 fully saturated rings. The highest BCUT2D eigenvalue weighted by molar-refractivity contribution is 6.03. The molecule has 4 rings (SSSR count). The smallest absolute Gasteiger partial charge is 0.368 e. The maximum Gasteiger partial charge on any atom is 0.408 e. The molecule has 5 nitrogen and oxygen atoms in total. The van der Waals surface area contributed by atoms with Crippen LogP contribution in [0.25, 0.3) is 11.1 Å². The summed E-state index contributed by atoms with van der Waals surface area (Å²) in [7, 11) is 0. The number of pyridine rings is 1. The lowest BCUT2D eigenvalue weighted by atomic mass is 9.96. The predicted molar refractivity (Wildman–Crippen MR) is 109 cm³/mol. The number of benzene rings is 1. The van der Waals surface area contributed by atoms with Crippen LogP contribution in [0.15, 0.2) is 30.6 Å². The number of nitrogens with one attached hydrogen (secondary N) is 2. The molecule has 1 amide bonds. The average Bonchev–Trinajstić information content (AvgIpc) is 3.35. The van der Waals surface area contributed by atoms with Gasteiger partial charge in [-0.3, -0.25) is 9.78 Å². The highest BCUT2D eigenvalue weighted by Crippen LogP contribution is 2.40. The number of nitrogens with zero attached hydrogens (tertiary/aromatic N) is 2. The largest absolute Gasteiger partial charge is 0.408 e. The van der Waals surface area contributed by atoms with E-state index in [0.29, 0.717) is 18.8 Å². The van der Waals surface area contributed by atoms with Gasteiger partial charge in [0.2, 0.25) is 0 Å². The summed E-state index contributed by atoms with van der Waals surface area (Å²) in [4.78, 5) is 18.8. The lowest BCUT2D eigenvalue weighted by Gasteiger charge is -2.28. The van der Waals surface area contributed by atoms with Crippen molar-refractivity contribution in [1.29, 1.82) is 0 Å². The van der Waals surface area contributed by atoms with E-state index in [0.717, 1.165) is 50.9 Å². The summed E-state index contributed by atoms with van der Waals surface area (Å²) >= 11 is 0. The molecule has 0 aliphatic carbocycles. The molecule has 2 aliphatic rings. The number of hydrogen-bond acceptors (Lipinski definition) is 4. The molecule has 172 valence electrons. The Bertz CT molecular complexity index is 1000. The van der Waals surface area contributed by atoms with Gasteiger partial charge in [0, 0.05) is 42.7 Å². The van der Waals surface area contributed by atoms with Gasteiger partial charge in [0.1, 0.15) is 17.7 Å². The number of rotatable bonds is 4. The summed E-state index contributed by atoms with van der Waals surface area (Å²) in [5.41, 5.74) is 0.538. The minimum absolute atomic E-state index is 0.0710. The van der Waals surface area contributed by atoms with Crippen molar-refractivity contribution in [2.75, 3.05) is 24.5 Å². The molecule has 10 heteroatoms. The van der Waals surface area contributed by atoms with Crippen molar-refractivity contribution in [3.05, 3.63) is 47.8 Å². The lowest BCUT2D eigenvalue weighted by Crippen LogP contribution is -2.44. The monoisotopic (exact) mass is 454 g/mol. The van der Waals surface area contributed by atoms with Crippen LogP contribution in [0.3, 0.4) is 0 Å². The highest BCUT2D eigenvalue weighted by Gasteiger charge is 2.42. The fourth-order valence-electron chi connectivity index (χ4n) is 4.52. The molecule has 3 heterocycles. The van der Waals surface area contributed by atoms with Crippen LogP contribution in [-0.2, 0) is 0 Å². The molecule has 2 aliphatic heterocycles. The number of carbonyl (C=O) groups is 1. The fraction of sp³-hybridized carbons (Fsp3) is 0.455. The van der Waals surface area contributed by atoms with Gasteiger partial charge in [0.05, 0.1) is 11.3 Å². The molecule has 32 heavy (non-hydrogen) atoms. The van der Waals surface area contributed by atoms with Gasteiger partial charge in [-0.05, 0) is 50.4 Å². The van der Waals surface area contributed by atoms with Gasteiger partial charge in [-0.2, -0.15) is 13.2 Å². The maximum absolute atomic E-state index is 13.9. The van der Waals surface area contributed by atoms with Crippen LogP contribution in [0.2, 0.25) is 0 Å². The van der Waals surface area contributed by atoms with Crippen LogP contribution in [0.5, 0.6) is 0 Å². The molecule has 0 bridgehead atoms. The van der Waals surface area contributed by atoms with Gasteiger partial charge in [0.15, 0.2) is 0 Å². The lowest BCUT2D eigenvalue weighted by molar-refractivity contribution is -0.149. The van der Waals surface area contributed by atoms with E-state index in [1.54, 1.807) is 0 Å². The summed E-state index contributed by atoms with van der Waals surface area (Å²) in [5.74, 6) is -2.56. The zero-order chi connectivity index (χ0) is 23.1. The minimum atomic E-state index is -4.61. The molecule has 1 unspecified atom stereocenters. The molecule has 2 aromatic rings. The van der Waals surface area contributed by atoms with E-state index in [1.165, 1.54) is 12.4 Å². The molecule has 1 spiro atoms. The van der Waals surface area contributed by atoms with Crippen molar-refractivity contribution in [3.63, 3.8) is 0 Å². The Kier molecular flexibility index (Phi) is 5.83. The van der Waals surface area contributed by atoms with E-state index in [1.807, 2.05) is 10.2 Å². The van der Waals surface area contributed by atoms with E-state index in [2.05, 4.69) is 10.3 Å². The maximum atomic E-state index is 13.9. The van der Waals surface area contributed by atoms with Crippen molar-refractivity contribution in [2.24, 2.45) is 0 Å². The summed E-state index contributed by atoms with van der Waals surface area (Å²) < 4.78 is 67.0. The van der Waals surface area contributed by atoms with E-state index in [4.69, 9.17) is 0 Å². The molecule has 2 saturated heterocycles. The number of carbonyl (C=O) groups excluding carboxylic acids is 1. The van der Waals surface area contributed by atoms with E-state index < -0.39 is 29.8 Å². The highest BCUT2D eigenvalue weighted by atomic mass is 19.4. The molecule has 1 aromatic carbocycles. The van der Waals surface area contributed by atoms with Crippen molar-refractivity contribution >= 4 is 11.6 Å². The predicted octanol–water partition coefficient (Wildman–Crippen LogP) is 4.04. The number of amides is 1. The van der Waals surface area contributed by atoms with Crippen LogP contribution in [-0.4, -0.2) is 48.3 Å². The Morgan fingerprint density at radius 2 is 1.91 bits per heavy atom. The van der Waals surface area contributed by atoms with Gasteiger partial charge in [-0.15, -0.1) is 0 Å². The van der Waals surface area contributed by atoms with Crippen molar-refractivity contribution in [2.45, 2.75) is 43.9 Å². The first-order valence-electron chi connectivity index (χ1n) is 10.4. The van der Waals surface area contributed by atoms with E-state index >= 15 is 0 Å². The zero-order valence-electron chi connectivity index (χ0n) is 17.4. The Labute approximate surface area is 182 Å². The molecule has 0 radical (unpaired) electrons. The first-order valence-corrected chi connectivity index (χ1v) is 10.4. The SMILES string of the molecule is C[C@@H](NC(=O)c1cncc(-c2cc(F)cc(F)c2)c1N1CCC2(CCCN2)C1)C(F)(F)F. The van der Waals surface area contributed by atoms with Crippen LogP contribution in [0, 0.1) is 11.6 Å². The van der Waals surface area contributed by atoms with Crippen molar-refractivity contribution in [1.82, 2.24) is 15.6 Å². The van der Waals surface area contributed by atoms with E-state index in [-0.39, 0.29) is 22.2 Å². The Balaban J connectivity index is 1.79. The molecule has 0 saturated carbocycles. The topological polar surface area (TPSA) is 57.3 Å². The number of halogens is 5. The van der Waals surface area contributed by atoms with Gasteiger partial charge in [-0.1, -0.05) is 0 Å². The van der Waals surface area contributed by atoms with Crippen LogP contribution >= 0.6 is 0 Å². The Hall–Kier alpha value is -2.75. The quantitative estimate of drug-likeness (QED) is 0.685. The molecule has 2 N–H and O–H groups in total. The second-order valence-electron chi connectivity index (χ2n) is 8.46. The summed E-state index contributed by atoms with van der Waals surface area (Å²) in [6.07, 6.45) is 0.679. The molecule has 2 atom stereocenters. The number of aromatic nitrogens is 1. The standard InChI is InChI=1S/C22H23F5N4O/c1-13(22(25,26)27)30-20(32)18-11-28-10-17(14-7-15(23)9-16(24)8-14)19(18)31-6-4-21(12-31)3-2-5-29-21/h7-11,13,29H,2-6,12H2,1H3,(H,30,32)/t13-,21?/m1/s1. The number of anilines is 1. The second kappa shape index (κ2) is 8.31. The fourth-order valence-corrected chi connectivity index (χ4v) is 4.52. The molecular formula is C22H23F5N4O. The minimum Gasteiger partial charge on any atom is -0.368 e. The second-order valence-corrected chi connectivity index (χ2v) is 8.46. The summed E-state index contributed by atoms with van der Waals surface area (Å²) in [6.45, 7) is 2.78. The number of alkyl halides is 3. The summed E-state index contributed by atoms with van der Waals surface area (Å²) in [5, 5.41) is 5.45. The number of hydrogen-bond donors (Lipinski definition) is 2. The van der Waals surface area contributed by atoms with Crippen molar-refractivity contribution in [3.8, 4) is 11.1 Å². The Morgan fingerprint density at radius 3 is 2.53 bits per heavy atom. The third-order valence-corrected chi connectivity index (χ3v) is 6.18. The van der Waals surface area contributed by atoms with Crippen LogP contribution < -0.4 is 15.5 Å². The Morgan fingerprint density at radius 1 is 1.19 bits per heavy atom.